The van der Waals surface area contributed by atoms with Crippen molar-refractivity contribution >= 4 is 25.2 Å². The molecule has 0 N–H and O–H groups in total. The van der Waals surface area contributed by atoms with E-state index in [-0.39, 0.29) is 27.9 Å². The molecule has 0 atom stereocenters. The van der Waals surface area contributed by atoms with E-state index in [0.717, 1.165) is 0 Å². The third kappa shape index (κ3) is 3.89. The van der Waals surface area contributed by atoms with Crippen LogP contribution in [0.2, 0.25) is 0 Å². The van der Waals surface area contributed by atoms with Gasteiger partial charge >= 0.3 is 0 Å². The Morgan fingerprint density at radius 1 is 1.21 bits per heavy atom. The minimum absolute atomic E-state index is 0.134. The van der Waals surface area contributed by atoms with Crippen LogP contribution in [-0.2, 0) is 9.05 Å². The Kier molecular flexibility index (Phi) is 6.00. The molecule has 0 radical (unpaired) electrons. The fraction of sp³-hybridized carbons (Fsp3) is 0.421. The van der Waals surface area contributed by atoms with Crippen molar-refractivity contribution in [3.05, 3.63) is 40.6 Å². The zero-order valence-corrected chi connectivity index (χ0v) is 18.3. The van der Waals surface area contributed by atoms with Gasteiger partial charge in [0.25, 0.3) is 14.6 Å². The molecule has 29 heavy (non-hydrogen) atoms. The van der Waals surface area contributed by atoms with E-state index in [1.807, 2.05) is 20.8 Å². The summed E-state index contributed by atoms with van der Waals surface area (Å²) >= 11 is 0. The van der Waals surface area contributed by atoms with Crippen LogP contribution < -0.4 is 10.3 Å². The maximum atomic E-state index is 13.4. The van der Waals surface area contributed by atoms with Gasteiger partial charge in [-0.2, -0.15) is 0 Å². The van der Waals surface area contributed by atoms with E-state index in [1.165, 1.54) is 23.0 Å². The van der Waals surface area contributed by atoms with E-state index in [2.05, 4.69) is 10.1 Å². The average molecular weight is 439 g/mol. The zero-order chi connectivity index (χ0) is 21.3. The van der Waals surface area contributed by atoms with Crippen molar-refractivity contribution in [1.82, 2.24) is 19.2 Å². The number of halogens is 1. The van der Waals surface area contributed by atoms with E-state index in [0.29, 0.717) is 36.4 Å². The van der Waals surface area contributed by atoms with Gasteiger partial charge in [-0.3, -0.25) is 9.36 Å². The summed E-state index contributed by atoms with van der Waals surface area (Å²) in [5.74, 6) is 0.660. The summed E-state index contributed by atoms with van der Waals surface area (Å²) in [6, 6.07) is 4.28. The number of benzene rings is 1. The fourth-order valence-corrected chi connectivity index (χ4v) is 4.49. The highest BCUT2D eigenvalue weighted by Gasteiger charge is 2.26. The lowest BCUT2D eigenvalue weighted by atomic mass is 10.1. The van der Waals surface area contributed by atoms with Crippen LogP contribution in [0.4, 0.5) is 0 Å². The highest BCUT2D eigenvalue weighted by Crippen LogP contribution is 2.33. The molecular formula is C19H23ClN4O4S. The summed E-state index contributed by atoms with van der Waals surface area (Å²) in [7, 11) is 1.61. The minimum atomic E-state index is -4.09. The quantitative estimate of drug-likeness (QED) is 0.523. The van der Waals surface area contributed by atoms with Crippen LogP contribution in [0, 0.1) is 6.92 Å². The Morgan fingerprint density at radius 2 is 1.90 bits per heavy atom. The standard InChI is InChI=1S/C19H23ClN4O4S/c1-5-13(6-2)24-18(22-23-11-21-12(4)17(23)19(24)25)15-10-14(28-7-3)8-9-16(15)29(20,26)27/h8-11,13H,5-7H2,1-4H3. The number of ether oxygens (including phenoxy) is 1. The first-order valence-electron chi connectivity index (χ1n) is 9.41. The molecule has 0 aliphatic carbocycles. The van der Waals surface area contributed by atoms with E-state index >= 15 is 0 Å². The summed E-state index contributed by atoms with van der Waals surface area (Å²) in [6.07, 6.45) is 2.78. The molecule has 0 fully saturated rings. The van der Waals surface area contributed by atoms with Gasteiger partial charge in [0.05, 0.1) is 17.2 Å². The molecule has 3 aromatic rings. The predicted octanol–water partition coefficient (Wildman–Crippen LogP) is 3.55. The van der Waals surface area contributed by atoms with Crippen molar-refractivity contribution in [2.45, 2.75) is 51.5 Å². The number of aryl methyl sites for hydroxylation is 1. The second kappa shape index (κ2) is 8.16. The lowest BCUT2D eigenvalue weighted by molar-refractivity contribution is 0.340. The van der Waals surface area contributed by atoms with Gasteiger partial charge in [0.15, 0.2) is 11.3 Å². The zero-order valence-electron chi connectivity index (χ0n) is 16.7. The molecule has 0 saturated heterocycles. The van der Waals surface area contributed by atoms with Crippen molar-refractivity contribution in [3.8, 4) is 17.1 Å². The van der Waals surface area contributed by atoms with Crippen molar-refractivity contribution < 1.29 is 13.2 Å². The number of rotatable bonds is 7. The molecule has 8 nitrogen and oxygen atoms in total. The Labute approximate surface area is 173 Å². The summed E-state index contributed by atoms with van der Waals surface area (Å²) in [6.45, 7) is 7.89. The number of hydrogen-bond acceptors (Lipinski definition) is 6. The van der Waals surface area contributed by atoms with E-state index < -0.39 is 9.05 Å². The minimum Gasteiger partial charge on any atom is -0.494 e. The third-order valence-electron chi connectivity index (χ3n) is 4.86. The van der Waals surface area contributed by atoms with Gasteiger partial charge in [0.1, 0.15) is 12.1 Å². The Bertz CT molecular complexity index is 1210. The van der Waals surface area contributed by atoms with E-state index in [1.54, 1.807) is 17.6 Å². The summed E-state index contributed by atoms with van der Waals surface area (Å²) in [4.78, 5) is 17.4. The smallest absolute Gasteiger partial charge is 0.280 e. The Balaban J connectivity index is 2.47. The van der Waals surface area contributed by atoms with Gasteiger partial charge in [-0.05, 0) is 44.9 Å². The second-order valence-corrected chi connectivity index (χ2v) is 9.16. The summed E-state index contributed by atoms with van der Waals surface area (Å²) < 4.78 is 33.0. The molecule has 0 spiro atoms. The maximum Gasteiger partial charge on any atom is 0.280 e. The number of nitrogens with zero attached hydrogens (tertiary/aromatic N) is 4. The molecule has 0 unspecified atom stereocenters. The first kappa shape index (κ1) is 21.3. The molecular weight excluding hydrogens is 416 g/mol. The van der Waals surface area contributed by atoms with Gasteiger partial charge in [0.2, 0.25) is 0 Å². The third-order valence-corrected chi connectivity index (χ3v) is 6.24. The first-order valence-corrected chi connectivity index (χ1v) is 11.7. The lowest BCUT2D eigenvalue weighted by Gasteiger charge is -2.21. The van der Waals surface area contributed by atoms with Crippen LogP contribution in [0.3, 0.4) is 0 Å². The molecule has 1 aromatic carbocycles. The van der Waals surface area contributed by atoms with Crippen LogP contribution >= 0.6 is 10.7 Å². The van der Waals surface area contributed by atoms with Crippen molar-refractivity contribution in [3.63, 3.8) is 0 Å². The lowest BCUT2D eigenvalue weighted by Crippen LogP contribution is -2.29. The van der Waals surface area contributed by atoms with Crippen molar-refractivity contribution in [2.75, 3.05) is 6.61 Å². The molecule has 0 aliphatic rings. The highest BCUT2D eigenvalue weighted by molar-refractivity contribution is 8.13. The molecule has 0 bridgehead atoms. The second-order valence-electron chi connectivity index (χ2n) is 6.62. The predicted molar refractivity (Wildman–Crippen MR) is 111 cm³/mol. The number of hydrogen-bond donors (Lipinski definition) is 0. The first-order chi connectivity index (χ1) is 13.7. The van der Waals surface area contributed by atoms with Gasteiger partial charge in [-0.25, -0.2) is 17.9 Å². The summed E-state index contributed by atoms with van der Waals surface area (Å²) in [5, 5.41) is 4.56. The largest absolute Gasteiger partial charge is 0.494 e. The number of imidazole rings is 1. The molecule has 2 aromatic heterocycles. The van der Waals surface area contributed by atoms with Crippen LogP contribution in [0.15, 0.2) is 34.2 Å². The topological polar surface area (TPSA) is 95.6 Å². The molecule has 0 amide bonds. The monoisotopic (exact) mass is 438 g/mol. The van der Waals surface area contributed by atoms with Crippen LogP contribution in [0.1, 0.15) is 45.3 Å². The van der Waals surface area contributed by atoms with Crippen molar-refractivity contribution in [2.24, 2.45) is 0 Å². The molecule has 2 heterocycles. The molecule has 0 saturated carbocycles. The van der Waals surface area contributed by atoms with Crippen LogP contribution in [0.5, 0.6) is 5.75 Å². The number of fused-ring (bicyclic) bond motifs is 1. The van der Waals surface area contributed by atoms with Gasteiger partial charge < -0.3 is 4.74 Å². The van der Waals surface area contributed by atoms with Crippen LogP contribution in [0.25, 0.3) is 16.9 Å². The van der Waals surface area contributed by atoms with Gasteiger partial charge in [0, 0.05) is 22.3 Å². The van der Waals surface area contributed by atoms with E-state index in [9.17, 15) is 13.2 Å². The maximum absolute atomic E-state index is 13.4. The molecule has 156 valence electrons. The summed E-state index contributed by atoms with van der Waals surface area (Å²) in [5.41, 5.74) is 0.848. The van der Waals surface area contributed by atoms with Gasteiger partial charge in [-0.1, -0.05) is 13.8 Å². The normalized spacial score (nSPS) is 12.1. The molecule has 0 aliphatic heterocycles. The average Bonchev–Trinajstić information content (AvgIpc) is 3.04. The van der Waals surface area contributed by atoms with Crippen molar-refractivity contribution in [1.29, 1.82) is 0 Å². The SMILES string of the molecule is CCOc1ccc(S(=O)(=O)Cl)c(-c2nn3cnc(C)c3c(=O)n2C(CC)CC)c1. The highest BCUT2D eigenvalue weighted by atomic mass is 35.7. The van der Waals surface area contributed by atoms with Crippen LogP contribution in [-0.4, -0.2) is 34.2 Å². The van der Waals surface area contributed by atoms with Gasteiger partial charge in [-0.15, -0.1) is 5.10 Å². The van der Waals surface area contributed by atoms with E-state index in [4.69, 9.17) is 15.4 Å². The molecule has 3 rings (SSSR count). The Hall–Kier alpha value is -2.39. The molecule has 10 heteroatoms. The fourth-order valence-electron chi connectivity index (χ4n) is 3.44. The number of aromatic nitrogens is 4. The Morgan fingerprint density at radius 3 is 2.48 bits per heavy atom.